The molecule has 1 aromatic heterocycles. The lowest BCUT2D eigenvalue weighted by Crippen LogP contribution is -2.14. The molecule has 58 valence electrons. The molecule has 0 amide bonds. The number of hydrogen-bond donors (Lipinski definition) is 1. The molecule has 0 bridgehead atoms. The zero-order valence-corrected chi connectivity index (χ0v) is 6.60. The Hall–Kier alpha value is -0.970. The molecule has 0 radical (unpaired) electrons. The fourth-order valence-electron chi connectivity index (χ4n) is 1.06. The number of nitrogens with two attached hydrogens (primary N) is 1. The molecule has 0 aliphatic carbocycles. The van der Waals surface area contributed by atoms with E-state index in [0.29, 0.717) is 5.82 Å². The monoisotopic (exact) mass is 169 g/mol. The van der Waals surface area contributed by atoms with Crippen molar-refractivity contribution in [2.45, 2.75) is 11.7 Å². The molecule has 5 heteroatoms. The maximum absolute atomic E-state index is 10.8. The minimum absolute atomic E-state index is 0.247. The second-order valence-electron chi connectivity index (χ2n) is 2.30. The predicted molar refractivity (Wildman–Crippen MR) is 43.6 cm³/mol. The summed E-state index contributed by atoms with van der Waals surface area (Å²) in [6.45, 7) is 0.860. The summed E-state index contributed by atoms with van der Waals surface area (Å²) in [6.07, 6.45) is 0. The molecule has 0 fully saturated rings. The van der Waals surface area contributed by atoms with Crippen LogP contribution in [-0.2, 0) is 6.54 Å². The summed E-state index contributed by atoms with van der Waals surface area (Å²) in [5, 5.41) is 0.745. The molecule has 4 nitrogen and oxygen atoms in total. The Morgan fingerprint density at radius 2 is 2.55 bits per heavy atom. The molecular weight excluding hydrogens is 162 g/mol. The summed E-state index contributed by atoms with van der Waals surface area (Å²) >= 11 is 1.57. The Bertz CT molecular complexity index is 346. The maximum atomic E-state index is 10.8. The van der Waals surface area contributed by atoms with Crippen molar-refractivity contribution in [2.24, 2.45) is 0 Å². The summed E-state index contributed by atoms with van der Waals surface area (Å²) < 4.78 is 1.85. The predicted octanol–water partition coefficient (Wildman–Crippen LogP) is -0.0688. The first-order valence-electron chi connectivity index (χ1n) is 3.27. The highest BCUT2D eigenvalue weighted by Gasteiger charge is 2.13. The van der Waals surface area contributed by atoms with Crippen LogP contribution in [0.15, 0.2) is 16.0 Å². The van der Waals surface area contributed by atoms with E-state index in [2.05, 4.69) is 4.98 Å². The lowest BCUT2D eigenvalue weighted by molar-refractivity contribution is 0.687. The number of hydrogen-bond acceptors (Lipinski definition) is 4. The fourth-order valence-corrected chi connectivity index (χ4v) is 2.03. The minimum atomic E-state index is -0.247. The van der Waals surface area contributed by atoms with Crippen molar-refractivity contribution < 1.29 is 0 Å². The standard InChI is InChI=1S/C6H7N3OS/c7-4-3-5(10)8-6-9(4)1-2-11-6/h3H,1-2,7H2. The number of fused-ring (bicyclic) bond motifs is 1. The van der Waals surface area contributed by atoms with Crippen LogP contribution in [0.5, 0.6) is 0 Å². The molecule has 1 aromatic rings. The van der Waals surface area contributed by atoms with E-state index in [9.17, 15) is 4.79 Å². The largest absolute Gasteiger partial charge is 0.385 e. The van der Waals surface area contributed by atoms with Crippen LogP contribution in [-0.4, -0.2) is 15.3 Å². The van der Waals surface area contributed by atoms with E-state index in [1.165, 1.54) is 6.07 Å². The van der Waals surface area contributed by atoms with Gasteiger partial charge < -0.3 is 10.3 Å². The van der Waals surface area contributed by atoms with Crippen LogP contribution in [0, 0.1) is 0 Å². The van der Waals surface area contributed by atoms with Crippen LogP contribution in [0.2, 0.25) is 0 Å². The Morgan fingerprint density at radius 3 is 3.36 bits per heavy atom. The van der Waals surface area contributed by atoms with Gasteiger partial charge in [-0.1, -0.05) is 11.8 Å². The SMILES string of the molecule is Nc1cc(=O)nc2n1CCS2. The summed E-state index contributed by atoms with van der Waals surface area (Å²) in [5.74, 6) is 1.48. The van der Waals surface area contributed by atoms with Gasteiger partial charge in [0.1, 0.15) is 5.82 Å². The quantitative estimate of drug-likeness (QED) is 0.552. The average molecular weight is 169 g/mol. The van der Waals surface area contributed by atoms with Gasteiger partial charge >= 0.3 is 0 Å². The third-order valence-corrected chi connectivity index (χ3v) is 2.52. The molecule has 2 heterocycles. The first-order chi connectivity index (χ1) is 5.27. The van der Waals surface area contributed by atoms with Gasteiger partial charge in [0.25, 0.3) is 5.56 Å². The van der Waals surface area contributed by atoms with Crippen molar-refractivity contribution in [2.75, 3.05) is 11.5 Å². The molecule has 1 aliphatic rings. The summed E-state index contributed by atoms with van der Waals surface area (Å²) in [5.41, 5.74) is 5.34. The number of rotatable bonds is 0. The van der Waals surface area contributed by atoms with Gasteiger partial charge in [-0.05, 0) is 0 Å². The van der Waals surface area contributed by atoms with E-state index >= 15 is 0 Å². The van der Waals surface area contributed by atoms with Crippen LogP contribution < -0.4 is 11.3 Å². The van der Waals surface area contributed by atoms with E-state index in [1.54, 1.807) is 11.8 Å². The highest BCUT2D eigenvalue weighted by atomic mass is 32.2. The topological polar surface area (TPSA) is 60.9 Å². The maximum Gasteiger partial charge on any atom is 0.275 e. The van der Waals surface area contributed by atoms with Crippen molar-refractivity contribution in [3.8, 4) is 0 Å². The van der Waals surface area contributed by atoms with Crippen molar-refractivity contribution >= 4 is 17.6 Å². The number of nitrogens with zero attached hydrogens (tertiary/aromatic N) is 2. The Labute approximate surface area is 67.4 Å². The smallest absolute Gasteiger partial charge is 0.275 e. The van der Waals surface area contributed by atoms with E-state index in [4.69, 9.17) is 5.73 Å². The van der Waals surface area contributed by atoms with Gasteiger partial charge in [-0.2, -0.15) is 4.98 Å². The van der Waals surface area contributed by atoms with Gasteiger partial charge in [-0.25, -0.2) is 0 Å². The lowest BCUT2D eigenvalue weighted by Gasteiger charge is -2.03. The molecule has 1 aliphatic heterocycles. The molecular formula is C6H7N3OS. The van der Waals surface area contributed by atoms with Gasteiger partial charge in [0.15, 0.2) is 5.16 Å². The Morgan fingerprint density at radius 1 is 1.73 bits per heavy atom. The molecule has 2 rings (SSSR count). The van der Waals surface area contributed by atoms with E-state index < -0.39 is 0 Å². The molecule has 0 saturated carbocycles. The summed E-state index contributed by atoms with van der Waals surface area (Å²) in [6, 6.07) is 1.36. The molecule has 2 N–H and O–H groups in total. The van der Waals surface area contributed by atoms with Crippen LogP contribution in [0.4, 0.5) is 5.82 Å². The zero-order chi connectivity index (χ0) is 7.84. The third-order valence-electron chi connectivity index (χ3n) is 1.57. The first kappa shape index (κ1) is 6.72. The van der Waals surface area contributed by atoms with Gasteiger partial charge in [0, 0.05) is 18.4 Å². The normalized spacial score (nSPS) is 14.9. The molecule has 0 saturated heterocycles. The highest BCUT2D eigenvalue weighted by Crippen LogP contribution is 2.23. The second kappa shape index (κ2) is 2.27. The number of aromatic nitrogens is 2. The number of anilines is 1. The van der Waals surface area contributed by atoms with Crippen molar-refractivity contribution in [1.82, 2.24) is 9.55 Å². The molecule has 0 aromatic carbocycles. The lowest BCUT2D eigenvalue weighted by atomic mass is 10.5. The number of thioether (sulfide) groups is 1. The first-order valence-corrected chi connectivity index (χ1v) is 4.26. The van der Waals surface area contributed by atoms with Crippen LogP contribution in [0.1, 0.15) is 0 Å². The zero-order valence-electron chi connectivity index (χ0n) is 5.78. The van der Waals surface area contributed by atoms with Crippen LogP contribution in [0.25, 0.3) is 0 Å². The summed E-state index contributed by atoms with van der Waals surface area (Å²) in [7, 11) is 0. The van der Waals surface area contributed by atoms with Gasteiger partial charge in [-0.15, -0.1) is 0 Å². The Balaban J connectivity index is 2.70. The van der Waals surface area contributed by atoms with Crippen molar-refractivity contribution in [3.63, 3.8) is 0 Å². The third kappa shape index (κ3) is 1.01. The van der Waals surface area contributed by atoms with Crippen LogP contribution >= 0.6 is 11.8 Å². The highest BCUT2D eigenvalue weighted by molar-refractivity contribution is 7.99. The minimum Gasteiger partial charge on any atom is -0.385 e. The van der Waals surface area contributed by atoms with Crippen molar-refractivity contribution in [3.05, 3.63) is 16.4 Å². The molecule has 11 heavy (non-hydrogen) atoms. The van der Waals surface area contributed by atoms with E-state index in [1.807, 2.05) is 4.57 Å². The second-order valence-corrected chi connectivity index (χ2v) is 3.36. The molecule has 0 atom stereocenters. The summed E-state index contributed by atoms with van der Waals surface area (Å²) in [4.78, 5) is 14.6. The van der Waals surface area contributed by atoms with Gasteiger partial charge in [0.2, 0.25) is 0 Å². The fraction of sp³-hybridized carbons (Fsp3) is 0.333. The van der Waals surface area contributed by atoms with E-state index in [0.717, 1.165) is 17.5 Å². The van der Waals surface area contributed by atoms with Gasteiger partial charge in [-0.3, -0.25) is 4.79 Å². The average Bonchev–Trinajstić information content (AvgIpc) is 2.34. The van der Waals surface area contributed by atoms with Crippen molar-refractivity contribution in [1.29, 1.82) is 0 Å². The molecule has 0 spiro atoms. The van der Waals surface area contributed by atoms with Gasteiger partial charge in [0.05, 0.1) is 0 Å². The van der Waals surface area contributed by atoms with Crippen LogP contribution in [0.3, 0.4) is 0 Å². The van der Waals surface area contributed by atoms with E-state index in [-0.39, 0.29) is 5.56 Å². The molecule has 0 unspecified atom stereocenters. The Kier molecular flexibility index (Phi) is 1.38. The number of nitrogen functional groups attached to an aromatic ring is 1.